The molecule has 1 aliphatic heterocycles. The molecule has 4 rings (SSSR count). The Kier molecular flexibility index (Phi) is 6.46. The molecule has 1 aromatic heterocycles. The van der Waals surface area contributed by atoms with Gasteiger partial charge in [-0.1, -0.05) is 31.0 Å². The second-order valence-electron chi connectivity index (χ2n) is 7.78. The van der Waals surface area contributed by atoms with Crippen LogP contribution in [0.15, 0.2) is 48.7 Å². The van der Waals surface area contributed by atoms with E-state index in [1.54, 1.807) is 35.4 Å². The van der Waals surface area contributed by atoms with Crippen molar-refractivity contribution in [1.82, 2.24) is 4.98 Å². The third-order valence-corrected chi connectivity index (χ3v) is 5.77. The highest BCUT2D eigenvalue weighted by molar-refractivity contribution is 6.34. The maximum atomic E-state index is 13.0. The Labute approximate surface area is 191 Å². The summed E-state index contributed by atoms with van der Waals surface area (Å²) in [5.41, 5.74) is 7.18. The second kappa shape index (κ2) is 9.44. The summed E-state index contributed by atoms with van der Waals surface area (Å²) < 4.78 is 6.02. The molecule has 3 N–H and O–H groups in total. The number of aromatic nitrogens is 1. The molecule has 1 fully saturated rings. The molecule has 1 saturated heterocycles. The Morgan fingerprint density at radius 1 is 1.28 bits per heavy atom. The lowest BCUT2D eigenvalue weighted by atomic mass is 10.1. The van der Waals surface area contributed by atoms with Gasteiger partial charge in [0, 0.05) is 30.2 Å². The largest absolute Gasteiger partial charge is 0.481 e. The Bertz CT molecular complexity index is 1170. The maximum absolute atomic E-state index is 13.0. The number of ether oxygens (including phenoxy) is 1. The fourth-order valence-corrected chi connectivity index (χ4v) is 4.12. The van der Waals surface area contributed by atoms with Gasteiger partial charge in [0.15, 0.2) is 6.10 Å². The molecule has 3 aromatic rings. The summed E-state index contributed by atoms with van der Waals surface area (Å²) in [5, 5.41) is 5.03. The van der Waals surface area contributed by atoms with Crippen molar-refractivity contribution >= 4 is 51.4 Å². The van der Waals surface area contributed by atoms with Crippen LogP contribution in [0.2, 0.25) is 5.02 Å². The van der Waals surface area contributed by atoms with E-state index >= 15 is 0 Å². The number of carbonyl (C=O) groups is 2. The van der Waals surface area contributed by atoms with Gasteiger partial charge in [-0.05, 0) is 54.6 Å². The molecule has 1 atom stereocenters. The van der Waals surface area contributed by atoms with Crippen LogP contribution in [0.3, 0.4) is 0 Å². The van der Waals surface area contributed by atoms with Crippen molar-refractivity contribution in [1.29, 1.82) is 0 Å². The van der Waals surface area contributed by atoms with Gasteiger partial charge in [-0.15, -0.1) is 0 Å². The number of nitrogen functional groups attached to an aromatic ring is 1. The SMILES string of the molecule is CCCC(Oc1ccc2ccnc(N)c2c1)C(=O)Nc1ccc(N2CCCC2=O)c(Cl)c1. The second-order valence-corrected chi connectivity index (χ2v) is 8.19. The number of fused-ring (bicyclic) bond motifs is 1. The van der Waals surface area contributed by atoms with E-state index in [9.17, 15) is 9.59 Å². The lowest BCUT2D eigenvalue weighted by Crippen LogP contribution is -2.33. The molecule has 0 aliphatic carbocycles. The average molecular weight is 453 g/mol. The van der Waals surface area contributed by atoms with Crippen LogP contribution in [0.1, 0.15) is 32.6 Å². The first-order valence-corrected chi connectivity index (χ1v) is 11.1. The van der Waals surface area contributed by atoms with E-state index in [1.807, 2.05) is 25.1 Å². The van der Waals surface area contributed by atoms with Crippen LogP contribution in [-0.2, 0) is 9.59 Å². The summed E-state index contributed by atoms with van der Waals surface area (Å²) in [4.78, 5) is 30.7. The number of nitrogens with one attached hydrogen (secondary N) is 1. The highest BCUT2D eigenvalue weighted by Gasteiger charge is 2.24. The fourth-order valence-electron chi connectivity index (χ4n) is 3.84. The Hall–Kier alpha value is -3.32. The van der Waals surface area contributed by atoms with Gasteiger partial charge in [0.2, 0.25) is 5.91 Å². The lowest BCUT2D eigenvalue weighted by Gasteiger charge is -2.20. The van der Waals surface area contributed by atoms with Gasteiger partial charge < -0.3 is 20.7 Å². The molecule has 1 aliphatic rings. The van der Waals surface area contributed by atoms with Gasteiger partial charge in [-0.2, -0.15) is 0 Å². The molecule has 32 heavy (non-hydrogen) atoms. The Balaban J connectivity index is 1.49. The van der Waals surface area contributed by atoms with Crippen LogP contribution in [-0.4, -0.2) is 29.4 Å². The summed E-state index contributed by atoms with van der Waals surface area (Å²) in [7, 11) is 0. The molecule has 1 unspecified atom stereocenters. The maximum Gasteiger partial charge on any atom is 0.265 e. The number of anilines is 3. The molecule has 0 saturated carbocycles. The molecule has 2 amide bonds. The first-order chi connectivity index (χ1) is 15.5. The van der Waals surface area contributed by atoms with Gasteiger partial charge in [0.25, 0.3) is 5.91 Å². The average Bonchev–Trinajstić information content (AvgIpc) is 3.19. The molecule has 2 heterocycles. The molecule has 2 aromatic carbocycles. The third kappa shape index (κ3) is 4.62. The molecule has 0 radical (unpaired) electrons. The van der Waals surface area contributed by atoms with Crippen LogP contribution in [0, 0.1) is 0 Å². The summed E-state index contributed by atoms with van der Waals surface area (Å²) in [6.07, 6.45) is 3.63. The van der Waals surface area contributed by atoms with E-state index in [-0.39, 0.29) is 11.8 Å². The van der Waals surface area contributed by atoms with Gasteiger partial charge >= 0.3 is 0 Å². The number of pyridine rings is 1. The molecule has 8 heteroatoms. The number of nitrogens with two attached hydrogens (primary N) is 1. The zero-order valence-corrected chi connectivity index (χ0v) is 18.6. The summed E-state index contributed by atoms with van der Waals surface area (Å²) in [6.45, 7) is 2.65. The van der Waals surface area contributed by atoms with Crippen molar-refractivity contribution in [3.63, 3.8) is 0 Å². The number of carbonyl (C=O) groups excluding carboxylic acids is 2. The number of hydrogen-bond donors (Lipinski definition) is 2. The molecule has 7 nitrogen and oxygen atoms in total. The topological polar surface area (TPSA) is 97.6 Å². The zero-order chi connectivity index (χ0) is 22.7. The summed E-state index contributed by atoms with van der Waals surface area (Å²) in [5.74, 6) is 0.751. The highest BCUT2D eigenvalue weighted by atomic mass is 35.5. The van der Waals surface area contributed by atoms with E-state index < -0.39 is 6.10 Å². The monoisotopic (exact) mass is 452 g/mol. The van der Waals surface area contributed by atoms with Crippen LogP contribution in [0.4, 0.5) is 17.2 Å². The van der Waals surface area contributed by atoms with Crippen LogP contribution in [0.25, 0.3) is 10.8 Å². The number of amides is 2. The number of halogens is 1. The van der Waals surface area contributed by atoms with Crippen molar-refractivity contribution < 1.29 is 14.3 Å². The highest BCUT2D eigenvalue weighted by Crippen LogP contribution is 2.32. The van der Waals surface area contributed by atoms with Gasteiger partial charge in [0.05, 0.1) is 10.7 Å². The minimum Gasteiger partial charge on any atom is -0.481 e. The van der Waals surface area contributed by atoms with Crippen molar-refractivity contribution in [2.45, 2.75) is 38.7 Å². The van der Waals surface area contributed by atoms with Crippen molar-refractivity contribution in [3.8, 4) is 5.75 Å². The van der Waals surface area contributed by atoms with Gasteiger partial charge in [-0.25, -0.2) is 4.98 Å². The van der Waals surface area contributed by atoms with E-state index in [4.69, 9.17) is 22.1 Å². The van der Waals surface area contributed by atoms with Crippen LogP contribution < -0.4 is 20.7 Å². The van der Waals surface area contributed by atoms with Crippen molar-refractivity contribution in [2.24, 2.45) is 0 Å². The Morgan fingerprint density at radius 3 is 2.84 bits per heavy atom. The van der Waals surface area contributed by atoms with E-state index in [1.165, 1.54) is 0 Å². The predicted molar refractivity (Wildman–Crippen MR) is 127 cm³/mol. The molecule has 0 spiro atoms. The quantitative estimate of drug-likeness (QED) is 0.537. The smallest absolute Gasteiger partial charge is 0.265 e. The van der Waals surface area contributed by atoms with Gasteiger partial charge in [-0.3, -0.25) is 9.59 Å². The van der Waals surface area contributed by atoms with E-state index in [0.717, 1.165) is 23.6 Å². The van der Waals surface area contributed by atoms with Crippen molar-refractivity contribution in [3.05, 3.63) is 53.7 Å². The predicted octanol–water partition coefficient (Wildman–Crippen LogP) is 4.78. The third-order valence-electron chi connectivity index (χ3n) is 5.47. The van der Waals surface area contributed by atoms with Crippen LogP contribution >= 0.6 is 11.6 Å². The van der Waals surface area contributed by atoms with E-state index in [0.29, 0.717) is 47.4 Å². The first-order valence-electron chi connectivity index (χ1n) is 10.7. The minimum absolute atomic E-state index is 0.0614. The summed E-state index contributed by atoms with van der Waals surface area (Å²) in [6, 6.07) is 12.5. The van der Waals surface area contributed by atoms with Crippen LogP contribution in [0.5, 0.6) is 5.75 Å². The standard InChI is InChI=1S/C24H25ClN4O3/c1-2-4-21(32-17-8-6-15-10-11-27-23(26)18(15)14-17)24(31)28-16-7-9-20(19(25)13-16)29-12-3-5-22(29)30/h6-11,13-14,21H,2-5,12H2,1H3,(H2,26,27)(H,28,31). The molecule has 166 valence electrons. The minimum atomic E-state index is -0.686. The molecular formula is C24H25ClN4O3. The fraction of sp³-hybridized carbons (Fsp3) is 0.292. The van der Waals surface area contributed by atoms with E-state index in [2.05, 4.69) is 10.3 Å². The number of benzene rings is 2. The van der Waals surface area contributed by atoms with Crippen molar-refractivity contribution in [2.75, 3.05) is 22.5 Å². The number of hydrogen-bond acceptors (Lipinski definition) is 5. The lowest BCUT2D eigenvalue weighted by molar-refractivity contribution is -0.123. The number of nitrogens with zero attached hydrogens (tertiary/aromatic N) is 2. The normalized spacial score (nSPS) is 14.6. The molecular weight excluding hydrogens is 428 g/mol. The zero-order valence-electron chi connectivity index (χ0n) is 17.8. The first kappa shape index (κ1) is 21.9. The Morgan fingerprint density at radius 2 is 2.12 bits per heavy atom. The van der Waals surface area contributed by atoms with Gasteiger partial charge in [0.1, 0.15) is 11.6 Å². The molecule has 0 bridgehead atoms. The number of rotatable bonds is 7. The summed E-state index contributed by atoms with van der Waals surface area (Å²) >= 11 is 6.40.